The molecule has 0 aliphatic rings. The number of hydrogen-bond donors (Lipinski definition) is 0. The first kappa shape index (κ1) is 25.2. The van der Waals surface area contributed by atoms with Gasteiger partial charge in [0.25, 0.3) is 0 Å². The molecule has 45 heavy (non-hydrogen) atoms. The molecule has 9 rings (SSSR count). The molecule has 0 unspecified atom stereocenters. The zero-order valence-corrected chi connectivity index (χ0v) is 24.0. The summed E-state index contributed by atoms with van der Waals surface area (Å²) in [4.78, 5) is 25.2. The summed E-state index contributed by atoms with van der Waals surface area (Å²) in [6.45, 7) is 0. The average molecular weight is 577 g/mol. The molecule has 6 nitrogen and oxygen atoms in total. The summed E-state index contributed by atoms with van der Waals surface area (Å²) >= 11 is 0. The molecule has 0 fully saturated rings. The van der Waals surface area contributed by atoms with Crippen molar-refractivity contribution < 1.29 is 0 Å². The quantitative estimate of drug-likeness (QED) is 0.196. The minimum atomic E-state index is 0.630. The number of nitrogens with zero attached hydrogens (tertiary/aromatic N) is 6. The van der Waals surface area contributed by atoms with Crippen molar-refractivity contribution in [3.63, 3.8) is 0 Å². The van der Waals surface area contributed by atoms with Gasteiger partial charge in [0.05, 0.1) is 16.7 Å². The van der Waals surface area contributed by atoms with Crippen LogP contribution >= 0.6 is 0 Å². The minimum Gasteiger partial charge on any atom is -0.278 e. The topological polar surface area (TPSA) is 69.4 Å². The molecule has 0 saturated heterocycles. The second-order valence-electron chi connectivity index (χ2n) is 11.0. The molecule has 0 spiro atoms. The number of benzene rings is 4. The van der Waals surface area contributed by atoms with Crippen LogP contribution in [0.3, 0.4) is 0 Å². The lowest BCUT2D eigenvalue weighted by atomic mass is 10.0. The highest BCUT2D eigenvalue weighted by molar-refractivity contribution is 6.09. The Morgan fingerprint density at radius 3 is 2.04 bits per heavy atom. The van der Waals surface area contributed by atoms with Crippen LogP contribution in [0.1, 0.15) is 0 Å². The first-order chi connectivity index (χ1) is 22.3. The van der Waals surface area contributed by atoms with E-state index in [1.807, 2.05) is 73.1 Å². The molecule has 0 N–H and O–H groups in total. The molecule has 6 heteroatoms. The van der Waals surface area contributed by atoms with Crippen molar-refractivity contribution in [3.8, 4) is 39.7 Å². The van der Waals surface area contributed by atoms with Gasteiger partial charge in [-0.2, -0.15) is 0 Å². The summed E-state index contributed by atoms with van der Waals surface area (Å²) in [6.07, 6.45) is 3.74. The van der Waals surface area contributed by atoms with Crippen molar-refractivity contribution in [2.24, 2.45) is 0 Å². The molecule has 4 aromatic carbocycles. The fourth-order valence-corrected chi connectivity index (χ4v) is 6.16. The van der Waals surface area contributed by atoms with Gasteiger partial charge in [-0.1, -0.05) is 91.0 Å². The maximum absolute atomic E-state index is 5.28. The highest BCUT2D eigenvalue weighted by Crippen LogP contribution is 2.35. The number of para-hydroxylation sites is 1. The SMILES string of the molecule is c1ccc(-c2ccc(-c3nc(-c4ccccc4)nc4c3ccc3ccc(-n5c6ccccc6c6cccnc65)nc34)nc2)cc1. The van der Waals surface area contributed by atoms with Crippen LogP contribution in [0.15, 0.2) is 146 Å². The molecule has 0 aliphatic carbocycles. The van der Waals surface area contributed by atoms with E-state index in [4.69, 9.17) is 24.9 Å². The Morgan fingerprint density at radius 2 is 1.22 bits per heavy atom. The fourth-order valence-electron chi connectivity index (χ4n) is 6.16. The summed E-state index contributed by atoms with van der Waals surface area (Å²) in [5.41, 5.74) is 8.16. The summed E-state index contributed by atoms with van der Waals surface area (Å²) in [5, 5.41) is 4.12. The summed E-state index contributed by atoms with van der Waals surface area (Å²) in [5.74, 6) is 1.41. The molecular weight excluding hydrogens is 552 g/mol. The molecule has 9 aromatic rings. The van der Waals surface area contributed by atoms with Gasteiger partial charge in [-0.15, -0.1) is 0 Å². The molecule has 0 amide bonds. The number of hydrogen-bond acceptors (Lipinski definition) is 5. The maximum Gasteiger partial charge on any atom is 0.160 e. The second-order valence-corrected chi connectivity index (χ2v) is 11.0. The van der Waals surface area contributed by atoms with Crippen molar-refractivity contribution >= 4 is 43.7 Å². The van der Waals surface area contributed by atoms with Gasteiger partial charge in [0.2, 0.25) is 0 Å². The molecule has 0 atom stereocenters. The smallest absolute Gasteiger partial charge is 0.160 e. The van der Waals surface area contributed by atoms with Crippen LogP contribution in [0.5, 0.6) is 0 Å². The zero-order chi connectivity index (χ0) is 29.7. The van der Waals surface area contributed by atoms with Crippen molar-refractivity contribution in [3.05, 3.63) is 146 Å². The number of aromatic nitrogens is 6. The maximum atomic E-state index is 5.28. The molecule has 0 saturated carbocycles. The third-order valence-electron chi connectivity index (χ3n) is 8.32. The van der Waals surface area contributed by atoms with Crippen LogP contribution in [0.4, 0.5) is 0 Å². The summed E-state index contributed by atoms with van der Waals surface area (Å²) in [7, 11) is 0. The van der Waals surface area contributed by atoms with Crippen molar-refractivity contribution in [1.82, 2.24) is 29.5 Å². The molecule has 5 aromatic heterocycles. The van der Waals surface area contributed by atoms with Gasteiger partial charge in [-0.3, -0.25) is 9.55 Å². The van der Waals surface area contributed by atoms with Gasteiger partial charge < -0.3 is 0 Å². The largest absolute Gasteiger partial charge is 0.278 e. The van der Waals surface area contributed by atoms with Crippen LogP contribution in [0.2, 0.25) is 0 Å². The monoisotopic (exact) mass is 576 g/mol. The van der Waals surface area contributed by atoms with E-state index in [9.17, 15) is 0 Å². The van der Waals surface area contributed by atoms with Crippen LogP contribution in [-0.4, -0.2) is 29.5 Å². The Bertz CT molecular complexity index is 2470. The third-order valence-corrected chi connectivity index (χ3v) is 8.32. The molecule has 210 valence electrons. The predicted octanol–water partition coefficient (Wildman–Crippen LogP) is 9.07. The second kappa shape index (κ2) is 10.2. The van der Waals surface area contributed by atoms with Crippen LogP contribution in [0.25, 0.3) is 83.5 Å². The lowest BCUT2D eigenvalue weighted by molar-refractivity contribution is 1.07. The van der Waals surface area contributed by atoms with Gasteiger partial charge in [-0.25, -0.2) is 19.9 Å². The van der Waals surface area contributed by atoms with Crippen LogP contribution in [0, 0.1) is 0 Å². The number of pyridine rings is 3. The summed E-state index contributed by atoms with van der Waals surface area (Å²) < 4.78 is 2.13. The number of fused-ring (bicyclic) bond motifs is 6. The molecular formula is C39H24N6. The van der Waals surface area contributed by atoms with Gasteiger partial charge in [0.1, 0.15) is 22.7 Å². The Hall–Kier alpha value is -6.27. The standard InChI is InChI=1S/C39H24N6/c1-3-10-25(11-4-1)28-18-21-32(41-24-28)36-31-20-17-26-19-22-34(42-35(26)37(31)44-38(43-36)27-12-5-2-6-13-27)45-33-16-8-7-14-29(33)30-15-9-23-40-39(30)45/h1-24H. The fraction of sp³-hybridized carbons (Fsp3) is 0. The Morgan fingerprint density at radius 1 is 0.467 bits per heavy atom. The predicted molar refractivity (Wildman–Crippen MR) is 181 cm³/mol. The first-order valence-electron chi connectivity index (χ1n) is 14.9. The van der Waals surface area contributed by atoms with Crippen molar-refractivity contribution in [2.75, 3.05) is 0 Å². The molecule has 0 aliphatic heterocycles. The van der Waals surface area contributed by atoms with E-state index in [0.717, 1.165) is 77.6 Å². The Balaban J connectivity index is 1.30. The normalized spacial score (nSPS) is 11.6. The first-order valence-corrected chi connectivity index (χ1v) is 14.9. The van der Waals surface area contributed by atoms with Crippen molar-refractivity contribution in [1.29, 1.82) is 0 Å². The Labute approximate surface area is 258 Å². The zero-order valence-electron chi connectivity index (χ0n) is 24.0. The van der Waals surface area contributed by atoms with Gasteiger partial charge in [0.15, 0.2) is 5.82 Å². The van der Waals surface area contributed by atoms with Gasteiger partial charge in [0, 0.05) is 45.1 Å². The van der Waals surface area contributed by atoms with E-state index >= 15 is 0 Å². The third kappa shape index (κ3) is 4.15. The highest BCUT2D eigenvalue weighted by atomic mass is 15.1. The lowest BCUT2D eigenvalue weighted by Gasteiger charge is -2.12. The molecule has 5 heterocycles. The Kier molecular flexibility index (Phi) is 5.71. The highest BCUT2D eigenvalue weighted by Gasteiger charge is 2.18. The lowest BCUT2D eigenvalue weighted by Crippen LogP contribution is -2.01. The van der Waals surface area contributed by atoms with E-state index in [-0.39, 0.29) is 0 Å². The van der Waals surface area contributed by atoms with Gasteiger partial charge in [-0.05, 0) is 48.0 Å². The van der Waals surface area contributed by atoms with Crippen LogP contribution < -0.4 is 0 Å². The van der Waals surface area contributed by atoms with Crippen molar-refractivity contribution in [2.45, 2.75) is 0 Å². The average Bonchev–Trinajstić information content (AvgIpc) is 3.46. The van der Waals surface area contributed by atoms with E-state index in [0.29, 0.717) is 5.82 Å². The van der Waals surface area contributed by atoms with Gasteiger partial charge >= 0.3 is 0 Å². The van der Waals surface area contributed by atoms with E-state index < -0.39 is 0 Å². The summed E-state index contributed by atoms with van der Waals surface area (Å²) in [6, 6.07) is 45.3. The molecule has 0 bridgehead atoms. The van der Waals surface area contributed by atoms with Crippen LogP contribution in [-0.2, 0) is 0 Å². The van der Waals surface area contributed by atoms with E-state index in [2.05, 4.69) is 77.4 Å². The minimum absolute atomic E-state index is 0.630. The van der Waals surface area contributed by atoms with E-state index in [1.165, 1.54) is 0 Å². The van der Waals surface area contributed by atoms with E-state index in [1.54, 1.807) is 0 Å². The number of rotatable bonds is 4. The molecule has 0 radical (unpaired) electrons.